The number of hydrogen-bond acceptors (Lipinski definition) is 6. The van der Waals surface area contributed by atoms with Gasteiger partial charge in [0, 0.05) is 11.3 Å². The van der Waals surface area contributed by atoms with Gasteiger partial charge in [0.05, 0.1) is 24.0 Å². The minimum Gasteiger partial charge on any atom is -0.497 e. The maximum atomic E-state index is 12.8. The van der Waals surface area contributed by atoms with Gasteiger partial charge in [-0.25, -0.2) is 13.1 Å². The number of benzene rings is 3. The summed E-state index contributed by atoms with van der Waals surface area (Å²) < 4.78 is 37.6. The second-order valence-corrected chi connectivity index (χ2v) is 9.66. The van der Waals surface area contributed by atoms with E-state index in [0.29, 0.717) is 28.3 Å². The molecule has 0 atom stereocenters. The maximum absolute atomic E-state index is 12.8. The molecule has 3 aromatic carbocycles. The first-order valence-electron chi connectivity index (χ1n) is 11.0. The van der Waals surface area contributed by atoms with Crippen LogP contribution in [0.2, 0.25) is 0 Å². The van der Waals surface area contributed by atoms with Gasteiger partial charge in [0.1, 0.15) is 17.3 Å². The Morgan fingerprint density at radius 1 is 0.917 bits per heavy atom. The molecule has 1 aromatic heterocycles. The van der Waals surface area contributed by atoms with Crippen LogP contribution in [0.4, 0.5) is 5.69 Å². The first kappa shape index (κ1) is 24.7. The largest absolute Gasteiger partial charge is 0.497 e. The third-order valence-electron chi connectivity index (χ3n) is 5.42. The van der Waals surface area contributed by atoms with Crippen LogP contribution >= 0.6 is 0 Å². The van der Waals surface area contributed by atoms with Crippen LogP contribution in [0.25, 0.3) is 11.3 Å². The molecule has 36 heavy (non-hydrogen) atoms. The Kier molecular flexibility index (Phi) is 7.21. The van der Waals surface area contributed by atoms with Gasteiger partial charge in [-0.05, 0) is 67.1 Å². The lowest BCUT2D eigenvalue weighted by molar-refractivity contribution is -0.118. The second-order valence-electron chi connectivity index (χ2n) is 7.98. The van der Waals surface area contributed by atoms with Crippen molar-refractivity contribution in [2.75, 3.05) is 12.4 Å². The summed E-state index contributed by atoms with van der Waals surface area (Å²) in [4.78, 5) is 25.1. The van der Waals surface area contributed by atoms with Crippen molar-refractivity contribution in [3.8, 4) is 17.1 Å². The first-order chi connectivity index (χ1) is 17.2. The van der Waals surface area contributed by atoms with Crippen molar-refractivity contribution in [2.45, 2.75) is 18.2 Å². The molecule has 4 rings (SSSR count). The standard InChI is InChI=1S/C27H24N2O6S/c1-18-24(17-25(35-18)20-10-14-22(34-2)15-11-20)27(31)28-21-12-8-19(9-13-21)16-26(30)29-36(32,33)23-6-4-3-5-7-23/h3-15,17H,16H2,1-2H3,(H,28,31)(H,29,30). The molecule has 4 aromatic rings. The molecule has 0 spiro atoms. The van der Waals surface area contributed by atoms with Crippen LogP contribution in [0.15, 0.2) is 94.2 Å². The summed E-state index contributed by atoms with van der Waals surface area (Å²) in [6, 6.07) is 23.3. The molecule has 0 aliphatic carbocycles. The Balaban J connectivity index is 1.38. The van der Waals surface area contributed by atoms with E-state index in [0.717, 1.165) is 11.3 Å². The van der Waals surface area contributed by atoms with Crippen molar-refractivity contribution in [1.29, 1.82) is 0 Å². The molecule has 0 aliphatic rings. The fourth-order valence-electron chi connectivity index (χ4n) is 3.54. The molecule has 0 unspecified atom stereocenters. The predicted octanol–water partition coefficient (Wildman–Crippen LogP) is 4.56. The van der Waals surface area contributed by atoms with Gasteiger partial charge in [-0.3, -0.25) is 9.59 Å². The quantitative estimate of drug-likeness (QED) is 0.363. The van der Waals surface area contributed by atoms with Crippen LogP contribution < -0.4 is 14.8 Å². The van der Waals surface area contributed by atoms with Crippen LogP contribution in [-0.2, 0) is 21.2 Å². The number of anilines is 1. The molecular formula is C27H24N2O6S. The lowest BCUT2D eigenvalue weighted by Gasteiger charge is -2.08. The second kappa shape index (κ2) is 10.5. The van der Waals surface area contributed by atoms with Gasteiger partial charge in [0.15, 0.2) is 0 Å². The summed E-state index contributed by atoms with van der Waals surface area (Å²) in [6.07, 6.45) is -0.133. The average molecular weight is 505 g/mol. The monoisotopic (exact) mass is 504 g/mol. The molecule has 0 bridgehead atoms. The highest BCUT2D eigenvalue weighted by molar-refractivity contribution is 7.90. The molecule has 0 fully saturated rings. The molecule has 184 valence electrons. The van der Waals surface area contributed by atoms with Gasteiger partial charge in [-0.1, -0.05) is 30.3 Å². The van der Waals surface area contributed by atoms with Crippen LogP contribution in [-0.4, -0.2) is 27.3 Å². The summed E-state index contributed by atoms with van der Waals surface area (Å²) in [7, 11) is -2.34. The van der Waals surface area contributed by atoms with Crippen LogP contribution in [0.3, 0.4) is 0 Å². The minimum atomic E-state index is -3.93. The van der Waals surface area contributed by atoms with Gasteiger partial charge in [-0.2, -0.15) is 0 Å². The third-order valence-corrected chi connectivity index (χ3v) is 6.80. The number of carbonyl (C=O) groups is 2. The maximum Gasteiger partial charge on any atom is 0.264 e. The van der Waals surface area contributed by atoms with Crippen molar-refractivity contribution in [3.05, 3.63) is 102 Å². The van der Waals surface area contributed by atoms with Gasteiger partial charge < -0.3 is 14.5 Å². The molecule has 0 aliphatic heterocycles. The number of ether oxygens (including phenoxy) is 1. The highest BCUT2D eigenvalue weighted by Gasteiger charge is 2.18. The number of aryl methyl sites for hydroxylation is 1. The number of sulfonamides is 1. The molecule has 8 nitrogen and oxygen atoms in total. The number of furan rings is 1. The van der Waals surface area contributed by atoms with Crippen LogP contribution in [0.5, 0.6) is 5.75 Å². The number of carbonyl (C=O) groups excluding carboxylic acids is 2. The fourth-order valence-corrected chi connectivity index (χ4v) is 4.54. The van der Waals surface area contributed by atoms with Crippen molar-refractivity contribution < 1.29 is 27.2 Å². The SMILES string of the molecule is COc1ccc(-c2cc(C(=O)Nc3ccc(CC(=O)NS(=O)(=O)c4ccccc4)cc3)c(C)o2)cc1. The molecule has 9 heteroatoms. The number of methoxy groups -OCH3 is 1. The average Bonchev–Trinajstić information content (AvgIpc) is 3.27. The number of nitrogens with one attached hydrogen (secondary N) is 2. The van der Waals surface area contributed by atoms with E-state index in [4.69, 9.17) is 9.15 Å². The fraction of sp³-hybridized carbons (Fsp3) is 0.111. The zero-order valence-electron chi connectivity index (χ0n) is 19.6. The summed E-state index contributed by atoms with van der Waals surface area (Å²) in [5, 5.41) is 2.81. The van der Waals surface area contributed by atoms with Crippen molar-refractivity contribution in [2.24, 2.45) is 0 Å². The van der Waals surface area contributed by atoms with Crippen LogP contribution in [0, 0.1) is 6.92 Å². The molecule has 2 N–H and O–H groups in total. The van der Waals surface area contributed by atoms with E-state index in [9.17, 15) is 18.0 Å². The summed E-state index contributed by atoms with van der Waals surface area (Å²) >= 11 is 0. The summed E-state index contributed by atoms with van der Waals surface area (Å²) in [5.41, 5.74) is 2.33. The molecule has 0 saturated carbocycles. The highest BCUT2D eigenvalue weighted by atomic mass is 32.2. The molecule has 0 radical (unpaired) electrons. The van der Waals surface area contributed by atoms with E-state index < -0.39 is 15.9 Å². The van der Waals surface area contributed by atoms with E-state index in [1.54, 1.807) is 62.6 Å². The Hall–Kier alpha value is -4.37. The molecular weight excluding hydrogens is 480 g/mol. The summed E-state index contributed by atoms with van der Waals surface area (Å²) in [6.45, 7) is 1.72. The van der Waals surface area contributed by atoms with E-state index >= 15 is 0 Å². The first-order valence-corrected chi connectivity index (χ1v) is 12.5. The number of amides is 2. The Labute approximate surface area is 209 Å². The van der Waals surface area contributed by atoms with Gasteiger partial charge in [-0.15, -0.1) is 0 Å². The Morgan fingerprint density at radius 2 is 1.58 bits per heavy atom. The normalized spacial score (nSPS) is 11.1. The lowest BCUT2D eigenvalue weighted by Crippen LogP contribution is -2.31. The lowest BCUT2D eigenvalue weighted by atomic mass is 10.1. The number of rotatable bonds is 8. The van der Waals surface area contributed by atoms with E-state index in [-0.39, 0.29) is 17.2 Å². The van der Waals surface area contributed by atoms with Gasteiger partial charge in [0.2, 0.25) is 5.91 Å². The number of hydrogen-bond donors (Lipinski definition) is 2. The van der Waals surface area contributed by atoms with Gasteiger partial charge in [0.25, 0.3) is 15.9 Å². The zero-order chi connectivity index (χ0) is 25.7. The molecule has 1 heterocycles. The third kappa shape index (κ3) is 5.81. The molecule has 0 saturated heterocycles. The van der Waals surface area contributed by atoms with Crippen molar-refractivity contribution in [1.82, 2.24) is 4.72 Å². The van der Waals surface area contributed by atoms with Crippen LogP contribution in [0.1, 0.15) is 21.7 Å². The summed E-state index contributed by atoms with van der Waals surface area (Å²) in [5.74, 6) is 0.767. The van der Waals surface area contributed by atoms with Gasteiger partial charge >= 0.3 is 0 Å². The van der Waals surface area contributed by atoms with E-state index in [2.05, 4.69) is 10.0 Å². The zero-order valence-corrected chi connectivity index (χ0v) is 20.5. The topological polar surface area (TPSA) is 115 Å². The van der Waals surface area contributed by atoms with Crippen molar-refractivity contribution in [3.63, 3.8) is 0 Å². The minimum absolute atomic E-state index is 0.0149. The predicted molar refractivity (Wildman–Crippen MR) is 135 cm³/mol. The van der Waals surface area contributed by atoms with E-state index in [1.807, 2.05) is 24.3 Å². The Morgan fingerprint density at radius 3 is 2.22 bits per heavy atom. The smallest absolute Gasteiger partial charge is 0.264 e. The Bertz CT molecular complexity index is 1480. The van der Waals surface area contributed by atoms with Crippen molar-refractivity contribution >= 4 is 27.5 Å². The van der Waals surface area contributed by atoms with E-state index in [1.165, 1.54) is 12.1 Å². The molecule has 2 amide bonds. The highest BCUT2D eigenvalue weighted by Crippen LogP contribution is 2.27.